The number of carbonyl (C=O) groups excluding carboxylic acids is 2. The molecule has 2 aromatic heterocycles. The summed E-state index contributed by atoms with van der Waals surface area (Å²) in [7, 11) is 0. The third-order valence-corrected chi connectivity index (χ3v) is 4.97. The molecule has 0 bridgehead atoms. The smallest absolute Gasteiger partial charge is 0.298 e. The van der Waals surface area contributed by atoms with Crippen LogP contribution in [-0.2, 0) is 4.79 Å². The molecule has 0 aliphatic rings. The maximum absolute atomic E-state index is 13.2. The molecule has 1 amide bonds. The molecule has 0 aliphatic carbocycles. The summed E-state index contributed by atoms with van der Waals surface area (Å²) in [6.45, 7) is 4.40. The summed E-state index contributed by atoms with van der Waals surface area (Å²) in [4.78, 5) is 26.1. The molecule has 0 atom stereocenters. The predicted octanol–water partition coefficient (Wildman–Crippen LogP) is 5.13. The summed E-state index contributed by atoms with van der Waals surface area (Å²) in [5, 5.41) is 2.75. The number of fused-ring (bicyclic) bond motifs is 1. The molecule has 30 heavy (non-hydrogen) atoms. The monoisotopic (exact) mass is 398 g/mol. The van der Waals surface area contributed by atoms with Crippen molar-refractivity contribution in [1.82, 2.24) is 4.40 Å². The third-order valence-electron chi connectivity index (χ3n) is 4.97. The topological polar surface area (TPSA) is 59.8 Å². The number of anilines is 1. The molecule has 2 aromatic carbocycles. The zero-order chi connectivity index (χ0) is 21.1. The van der Waals surface area contributed by atoms with Crippen LogP contribution < -0.4 is 10.1 Å². The molecule has 0 unspecified atom stereocenters. The number of hydrogen-bond donors (Lipinski definition) is 1. The molecule has 150 valence electrons. The van der Waals surface area contributed by atoms with Crippen LogP contribution in [0.3, 0.4) is 0 Å². The van der Waals surface area contributed by atoms with E-state index in [4.69, 9.17) is 4.74 Å². The highest BCUT2D eigenvalue weighted by Crippen LogP contribution is 2.30. The fraction of sp³-hybridized carbons (Fsp3) is 0.120. The third kappa shape index (κ3) is 3.70. The van der Waals surface area contributed by atoms with Crippen LogP contribution in [0.4, 0.5) is 5.69 Å². The van der Waals surface area contributed by atoms with Crippen molar-refractivity contribution >= 4 is 22.9 Å². The van der Waals surface area contributed by atoms with Gasteiger partial charge in [0.2, 0.25) is 0 Å². The Morgan fingerprint density at radius 1 is 0.967 bits per heavy atom. The standard InChI is InChI=1S/C25H22N2O3/c1-3-30-20-13-11-18(12-14-20)21-16-19-9-6-7-15-27(19)23(21)24(28)25(29)26-22-10-5-4-8-17(22)2/h4-16H,3H2,1-2H3,(H,26,29). The second-order valence-electron chi connectivity index (χ2n) is 6.96. The van der Waals surface area contributed by atoms with Gasteiger partial charge in [0.15, 0.2) is 0 Å². The quantitative estimate of drug-likeness (QED) is 0.362. The number of aryl methyl sites for hydroxylation is 1. The number of hydrogen-bond acceptors (Lipinski definition) is 3. The van der Waals surface area contributed by atoms with Gasteiger partial charge in [-0.3, -0.25) is 9.59 Å². The van der Waals surface area contributed by atoms with E-state index in [0.717, 1.165) is 22.4 Å². The molecule has 1 N–H and O–H groups in total. The largest absolute Gasteiger partial charge is 0.494 e. The van der Waals surface area contributed by atoms with Crippen LogP contribution in [0.25, 0.3) is 16.6 Å². The first kappa shape index (κ1) is 19.5. The lowest BCUT2D eigenvalue weighted by molar-refractivity contribution is -0.112. The molecule has 0 radical (unpaired) electrons. The van der Waals surface area contributed by atoms with Gasteiger partial charge >= 0.3 is 0 Å². The molecular weight excluding hydrogens is 376 g/mol. The first-order chi connectivity index (χ1) is 14.6. The average molecular weight is 398 g/mol. The van der Waals surface area contributed by atoms with Gasteiger partial charge in [-0.25, -0.2) is 0 Å². The lowest BCUT2D eigenvalue weighted by atomic mass is 10.0. The minimum atomic E-state index is -0.666. The number of aromatic nitrogens is 1. The highest BCUT2D eigenvalue weighted by atomic mass is 16.5. The molecule has 5 heteroatoms. The lowest BCUT2D eigenvalue weighted by Gasteiger charge is -2.10. The summed E-state index contributed by atoms with van der Waals surface area (Å²) in [5.74, 6) is -0.496. The normalized spacial score (nSPS) is 10.7. The summed E-state index contributed by atoms with van der Waals surface area (Å²) in [5.41, 5.74) is 4.24. The second kappa shape index (κ2) is 8.25. The molecule has 0 aliphatic heterocycles. The molecule has 0 spiro atoms. The number of nitrogens with one attached hydrogen (secondary N) is 1. The minimum absolute atomic E-state index is 0.334. The Hall–Kier alpha value is -3.86. The summed E-state index contributed by atoms with van der Waals surface area (Å²) < 4.78 is 7.27. The number of ketones is 1. The van der Waals surface area contributed by atoms with E-state index >= 15 is 0 Å². The fourth-order valence-corrected chi connectivity index (χ4v) is 3.47. The van der Waals surface area contributed by atoms with Gasteiger partial charge in [0, 0.05) is 23.0 Å². The Kier molecular flexibility index (Phi) is 5.35. The Labute approximate surface area is 174 Å². The van der Waals surface area contributed by atoms with Gasteiger partial charge in [0.05, 0.1) is 6.61 Å². The van der Waals surface area contributed by atoms with E-state index in [2.05, 4.69) is 5.32 Å². The fourth-order valence-electron chi connectivity index (χ4n) is 3.47. The molecule has 4 rings (SSSR count). The lowest BCUT2D eigenvalue weighted by Crippen LogP contribution is -2.25. The molecule has 5 nitrogen and oxygen atoms in total. The minimum Gasteiger partial charge on any atom is -0.494 e. The number of rotatable bonds is 6. The van der Waals surface area contributed by atoms with Crippen LogP contribution in [0.2, 0.25) is 0 Å². The van der Waals surface area contributed by atoms with E-state index in [1.165, 1.54) is 0 Å². The van der Waals surface area contributed by atoms with Crippen molar-refractivity contribution in [1.29, 1.82) is 0 Å². The van der Waals surface area contributed by atoms with Gasteiger partial charge in [-0.05, 0) is 61.4 Å². The van der Waals surface area contributed by atoms with E-state index < -0.39 is 11.7 Å². The van der Waals surface area contributed by atoms with E-state index in [1.54, 1.807) is 16.7 Å². The number of pyridine rings is 1. The summed E-state index contributed by atoms with van der Waals surface area (Å²) in [6.07, 6.45) is 1.79. The summed E-state index contributed by atoms with van der Waals surface area (Å²) in [6, 6.07) is 22.5. The molecule has 0 saturated carbocycles. The predicted molar refractivity (Wildman–Crippen MR) is 118 cm³/mol. The zero-order valence-electron chi connectivity index (χ0n) is 16.9. The van der Waals surface area contributed by atoms with E-state index in [0.29, 0.717) is 23.6 Å². The van der Waals surface area contributed by atoms with Crippen LogP contribution in [0.1, 0.15) is 23.0 Å². The van der Waals surface area contributed by atoms with Crippen molar-refractivity contribution in [3.8, 4) is 16.9 Å². The Balaban J connectivity index is 1.75. The molecule has 4 aromatic rings. The van der Waals surface area contributed by atoms with Crippen molar-refractivity contribution in [3.05, 3.63) is 90.3 Å². The number of nitrogens with zero attached hydrogens (tertiary/aromatic N) is 1. The van der Waals surface area contributed by atoms with E-state index in [9.17, 15) is 9.59 Å². The maximum Gasteiger partial charge on any atom is 0.298 e. The van der Waals surface area contributed by atoms with Crippen molar-refractivity contribution in [3.63, 3.8) is 0 Å². The first-order valence-electron chi connectivity index (χ1n) is 9.83. The summed E-state index contributed by atoms with van der Waals surface area (Å²) >= 11 is 0. The van der Waals surface area contributed by atoms with Gasteiger partial charge in [-0.15, -0.1) is 0 Å². The Morgan fingerprint density at radius 3 is 2.43 bits per heavy atom. The van der Waals surface area contributed by atoms with Crippen molar-refractivity contribution in [2.45, 2.75) is 13.8 Å². The van der Waals surface area contributed by atoms with E-state index in [1.807, 2.05) is 80.6 Å². The average Bonchev–Trinajstić information content (AvgIpc) is 3.15. The first-order valence-corrected chi connectivity index (χ1v) is 9.83. The van der Waals surface area contributed by atoms with Crippen LogP contribution in [0, 0.1) is 6.92 Å². The van der Waals surface area contributed by atoms with Gasteiger partial charge in [0.25, 0.3) is 11.7 Å². The molecule has 0 saturated heterocycles. The number of carbonyl (C=O) groups is 2. The number of amides is 1. The highest BCUT2D eigenvalue weighted by molar-refractivity contribution is 6.47. The number of para-hydroxylation sites is 1. The van der Waals surface area contributed by atoms with Crippen LogP contribution in [0.15, 0.2) is 79.0 Å². The van der Waals surface area contributed by atoms with Crippen LogP contribution in [0.5, 0.6) is 5.75 Å². The number of ether oxygens (including phenoxy) is 1. The van der Waals surface area contributed by atoms with E-state index in [-0.39, 0.29) is 0 Å². The van der Waals surface area contributed by atoms with Gasteiger partial charge < -0.3 is 14.5 Å². The molecular formula is C25H22N2O3. The van der Waals surface area contributed by atoms with Gasteiger partial charge in [-0.2, -0.15) is 0 Å². The second-order valence-corrected chi connectivity index (χ2v) is 6.96. The molecule has 0 fully saturated rings. The van der Waals surface area contributed by atoms with Crippen molar-refractivity contribution < 1.29 is 14.3 Å². The van der Waals surface area contributed by atoms with Crippen molar-refractivity contribution in [2.24, 2.45) is 0 Å². The molecule has 2 heterocycles. The number of benzene rings is 2. The Morgan fingerprint density at radius 2 is 1.70 bits per heavy atom. The van der Waals surface area contributed by atoms with Gasteiger partial charge in [-0.1, -0.05) is 36.4 Å². The van der Waals surface area contributed by atoms with Crippen molar-refractivity contribution in [2.75, 3.05) is 11.9 Å². The van der Waals surface area contributed by atoms with Gasteiger partial charge in [0.1, 0.15) is 11.4 Å². The van der Waals surface area contributed by atoms with Crippen LogP contribution in [-0.4, -0.2) is 22.7 Å². The maximum atomic E-state index is 13.2. The zero-order valence-corrected chi connectivity index (χ0v) is 16.9. The number of Topliss-reactive ketones (excluding diaryl/α,β-unsaturated/α-hetero) is 1. The SMILES string of the molecule is CCOc1ccc(-c2cc3ccccn3c2C(=O)C(=O)Nc2ccccc2C)cc1. The van der Waals surface area contributed by atoms with Crippen LogP contribution >= 0.6 is 0 Å². The Bertz CT molecular complexity index is 1220. The highest BCUT2D eigenvalue weighted by Gasteiger charge is 2.25.